The number of esters is 1. The van der Waals surface area contributed by atoms with Crippen molar-refractivity contribution in [2.24, 2.45) is 0 Å². The first kappa shape index (κ1) is 19.8. The second-order valence-corrected chi connectivity index (χ2v) is 7.42. The molecule has 0 aliphatic carbocycles. The van der Waals surface area contributed by atoms with E-state index >= 15 is 0 Å². The summed E-state index contributed by atoms with van der Waals surface area (Å²) < 4.78 is 10.6. The van der Waals surface area contributed by atoms with Crippen LogP contribution in [0.15, 0.2) is 34.2 Å². The van der Waals surface area contributed by atoms with Gasteiger partial charge in [0, 0.05) is 16.8 Å². The summed E-state index contributed by atoms with van der Waals surface area (Å²) in [5.41, 5.74) is 0.996. The Labute approximate surface area is 157 Å². The van der Waals surface area contributed by atoms with E-state index < -0.39 is 0 Å². The predicted octanol–water partition coefficient (Wildman–Crippen LogP) is 4.98. The number of halogens is 1. The lowest BCUT2D eigenvalue weighted by Crippen LogP contribution is -2.10. The molecule has 1 N–H and O–H groups in total. The van der Waals surface area contributed by atoms with Crippen molar-refractivity contribution in [3.8, 4) is 0 Å². The molecule has 0 radical (unpaired) electrons. The Balaban J connectivity index is 2.08. The zero-order valence-electron chi connectivity index (χ0n) is 14.8. The number of carbonyl (C=O) groups is 1. The van der Waals surface area contributed by atoms with Crippen LogP contribution in [0.25, 0.3) is 0 Å². The fraction of sp³-hybridized carbons (Fsp3) is 0.444. The Kier molecular flexibility index (Phi) is 7.35. The van der Waals surface area contributed by atoms with Crippen molar-refractivity contribution >= 4 is 29.3 Å². The van der Waals surface area contributed by atoms with Crippen LogP contribution in [0, 0.1) is 0 Å². The van der Waals surface area contributed by atoms with Gasteiger partial charge in [0.1, 0.15) is 23.6 Å². The molecule has 1 unspecified atom stereocenters. The third-order valence-corrected chi connectivity index (χ3v) is 4.66. The number of nitrogens with zero attached hydrogens (tertiary/aromatic N) is 1. The molecule has 0 amide bonds. The smallest absolute Gasteiger partial charge is 0.302 e. The van der Waals surface area contributed by atoms with E-state index in [2.05, 4.69) is 18.8 Å². The Bertz CT molecular complexity index is 718. The minimum atomic E-state index is -0.309. The molecular weight excluding hydrogens is 360 g/mol. The quantitative estimate of drug-likeness (QED) is 0.515. The molecule has 25 heavy (non-hydrogen) atoms. The summed E-state index contributed by atoms with van der Waals surface area (Å²) in [5.74, 6) is 0.729. The minimum absolute atomic E-state index is 0.221. The van der Waals surface area contributed by atoms with E-state index in [1.54, 1.807) is 11.8 Å². The molecular formula is C18H23ClN2O3S. The number of carbonyl (C=O) groups excluding carboxylic acids is 1. The van der Waals surface area contributed by atoms with Gasteiger partial charge in [-0.15, -0.1) is 0 Å². The van der Waals surface area contributed by atoms with E-state index in [1.165, 1.54) is 6.92 Å². The highest BCUT2D eigenvalue weighted by molar-refractivity contribution is 7.99. The minimum Gasteiger partial charge on any atom is -0.463 e. The number of hydrogen-bond donors (Lipinski definition) is 1. The number of imidazole rings is 1. The van der Waals surface area contributed by atoms with Gasteiger partial charge in [0.05, 0.1) is 12.3 Å². The number of nitrogens with one attached hydrogen (secondary N) is 1. The Morgan fingerprint density at radius 2 is 2.08 bits per heavy atom. The normalized spacial score (nSPS) is 12.4. The third-order valence-electron chi connectivity index (χ3n) is 3.42. The maximum absolute atomic E-state index is 10.8. The van der Waals surface area contributed by atoms with Crippen molar-refractivity contribution in [1.29, 1.82) is 0 Å². The maximum Gasteiger partial charge on any atom is 0.302 e. The van der Waals surface area contributed by atoms with Crippen molar-refractivity contribution in [3.05, 3.63) is 40.8 Å². The summed E-state index contributed by atoms with van der Waals surface area (Å²) in [5, 5.41) is 1.70. The summed E-state index contributed by atoms with van der Waals surface area (Å²) in [6.45, 7) is 8.08. The Hall–Kier alpha value is -1.50. The lowest BCUT2D eigenvalue weighted by Gasteiger charge is -2.10. The number of hydrogen-bond acceptors (Lipinski definition) is 5. The van der Waals surface area contributed by atoms with E-state index in [0.29, 0.717) is 11.6 Å². The van der Waals surface area contributed by atoms with Gasteiger partial charge in [-0.05, 0) is 31.0 Å². The molecule has 1 aromatic heterocycles. The summed E-state index contributed by atoms with van der Waals surface area (Å²) in [6, 6.07) is 7.72. The number of aromatic amines is 1. The number of ether oxygens (including phenoxy) is 2. The molecule has 2 rings (SSSR count). The maximum atomic E-state index is 10.8. The van der Waals surface area contributed by atoms with Crippen molar-refractivity contribution in [2.45, 2.75) is 49.6 Å². The van der Waals surface area contributed by atoms with Crippen molar-refractivity contribution in [3.63, 3.8) is 0 Å². The Morgan fingerprint density at radius 3 is 2.72 bits per heavy atom. The lowest BCUT2D eigenvalue weighted by molar-refractivity contribution is -0.143. The van der Waals surface area contributed by atoms with Crippen molar-refractivity contribution in [2.75, 3.05) is 13.2 Å². The molecule has 0 fully saturated rings. The molecule has 7 heteroatoms. The summed E-state index contributed by atoms with van der Waals surface area (Å²) in [6.07, 6.45) is -0.221. The monoisotopic (exact) mass is 382 g/mol. The van der Waals surface area contributed by atoms with Gasteiger partial charge in [0.15, 0.2) is 0 Å². The predicted molar refractivity (Wildman–Crippen MR) is 99.3 cm³/mol. The van der Waals surface area contributed by atoms with Crippen LogP contribution in [0.1, 0.15) is 51.2 Å². The van der Waals surface area contributed by atoms with Crippen LogP contribution in [0.5, 0.6) is 0 Å². The van der Waals surface area contributed by atoms with Gasteiger partial charge in [-0.1, -0.05) is 43.3 Å². The molecule has 136 valence electrons. The molecule has 0 bridgehead atoms. The fourth-order valence-electron chi connectivity index (χ4n) is 2.19. The van der Waals surface area contributed by atoms with E-state index in [9.17, 15) is 4.79 Å². The fourth-order valence-corrected chi connectivity index (χ4v) is 3.55. The molecule has 0 aliphatic heterocycles. The molecule has 0 spiro atoms. The SMILES string of the molecule is CC(=O)OCCOC(C)c1nc(C(C)C)c(Sc2cccc(Cl)c2)[nH]1. The number of H-pyrrole nitrogens is 1. The molecule has 2 aromatic rings. The highest BCUT2D eigenvalue weighted by atomic mass is 35.5. The van der Waals surface area contributed by atoms with Crippen molar-refractivity contribution in [1.82, 2.24) is 9.97 Å². The highest BCUT2D eigenvalue weighted by Crippen LogP contribution is 2.34. The van der Waals surface area contributed by atoms with E-state index in [-0.39, 0.29) is 24.6 Å². The first-order chi connectivity index (χ1) is 11.9. The van der Waals surface area contributed by atoms with Gasteiger partial charge in [-0.25, -0.2) is 4.98 Å². The molecule has 0 saturated carbocycles. The molecule has 1 aromatic carbocycles. The molecule has 0 saturated heterocycles. The van der Waals surface area contributed by atoms with Gasteiger partial charge < -0.3 is 14.5 Å². The molecule has 1 atom stereocenters. The van der Waals surface area contributed by atoms with Crippen LogP contribution in [0.3, 0.4) is 0 Å². The van der Waals surface area contributed by atoms with Crippen LogP contribution >= 0.6 is 23.4 Å². The largest absolute Gasteiger partial charge is 0.463 e. The van der Waals surface area contributed by atoms with E-state index in [0.717, 1.165) is 21.4 Å². The zero-order valence-corrected chi connectivity index (χ0v) is 16.4. The standard InChI is InChI=1S/C18H23ClN2O3S/c1-11(2)16-18(25-15-7-5-6-14(19)10-15)21-17(20-16)12(3)23-8-9-24-13(4)22/h5-7,10-12H,8-9H2,1-4H3,(H,20,21). The number of rotatable bonds is 8. The lowest BCUT2D eigenvalue weighted by atomic mass is 10.2. The summed E-state index contributed by atoms with van der Waals surface area (Å²) in [4.78, 5) is 19.9. The van der Waals surface area contributed by atoms with Crippen LogP contribution in [-0.2, 0) is 14.3 Å². The first-order valence-corrected chi connectivity index (χ1v) is 9.34. The topological polar surface area (TPSA) is 64.2 Å². The van der Waals surface area contributed by atoms with Crippen LogP contribution in [-0.4, -0.2) is 29.2 Å². The van der Waals surface area contributed by atoms with Gasteiger partial charge in [0.2, 0.25) is 0 Å². The van der Waals surface area contributed by atoms with Gasteiger partial charge in [0.25, 0.3) is 0 Å². The highest BCUT2D eigenvalue weighted by Gasteiger charge is 2.18. The second kappa shape index (κ2) is 9.27. The molecule has 0 aliphatic rings. The van der Waals surface area contributed by atoms with Gasteiger partial charge >= 0.3 is 5.97 Å². The number of benzene rings is 1. The zero-order chi connectivity index (χ0) is 18.4. The van der Waals surface area contributed by atoms with E-state index in [4.69, 9.17) is 26.1 Å². The van der Waals surface area contributed by atoms with Crippen LogP contribution < -0.4 is 0 Å². The Morgan fingerprint density at radius 1 is 1.32 bits per heavy atom. The second-order valence-electron chi connectivity index (χ2n) is 5.90. The summed E-state index contributed by atoms with van der Waals surface area (Å²) in [7, 11) is 0. The molecule has 5 nitrogen and oxygen atoms in total. The van der Waals surface area contributed by atoms with E-state index in [1.807, 2.05) is 31.2 Å². The third kappa shape index (κ3) is 6.06. The van der Waals surface area contributed by atoms with Crippen molar-refractivity contribution < 1.29 is 14.3 Å². The average molecular weight is 383 g/mol. The van der Waals surface area contributed by atoms with Crippen LogP contribution in [0.4, 0.5) is 0 Å². The first-order valence-electron chi connectivity index (χ1n) is 8.15. The average Bonchev–Trinajstić information content (AvgIpc) is 2.95. The molecule has 1 heterocycles. The van der Waals surface area contributed by atoms with Gasteiger partial charge in [-0.3, -0.25) is 4.79 Å². The van der Waals surface area contributed by atoms with Crippen LogP contribution in [0.2, 0.25) is 5.02 Å². The summed E-state index contributed by atoms with van der Waals surface area (Å²) >= 11 is 7.67. The number of aromatic nitrogens is 2. The van der Waals surface area contributed by atoms with Gasteiger partial charge in [-0.2, -0.15) is 0 Å².